The van der Waals surface area contributed by atoms with Gasteiger partial charge in [-0.05, 0) is 47.0 Å². The summed E-state index contributed by atoms with van der Waals surface area (Å²) in [6.07, 6.45) is 5.43. The van der Waals surface area contributed by atoms with Crippen molar-refractivity contribution in [2.75, 3.05) is 5.32 Å². The molecular formula is C21H18ClN7O. The van der Waals surface area contributed by atoms with Gasteiger partial charge in [0.2, 0.25) is 0 Å². The minimum atomic E-state index is -0.237. The van der Waals surface area contributed by atoms with E-state index in [0.29, 0.717) is 34.7 Å². The van der Waals surface area contributed by atoms with Crippen molar-refractivity contribution in [3.63, 3.8) is 0 Å². The fourth-order valence-electron chi connectivity index (χ4n) is 3.26. The highest BCUT2D eigenvalue weighted by molar-refractivity contribution is 6.31. The molecule has 0 aliphatic heterocycles. The van der Waals surface area contributed by atoms with Gasteiger partial charge in [0, 0.05) is 22.5 Å². The Kier molecular flexibility index (Phi) is 4.76. The maximum absolute atomic E-state index is 12.7. The standard InChI is InChI=1S/C21H18ClN7O/c22-19-7-2-1-4-15(19)12-28-13-16(11-23-28)21(30)24-17-6-3-5-14(10-17)20-25-26-27-29(20)18-8-9-18/h1-7,10-11,13,18H,8-9,12H2,(H,24,30). The smallest absolute Gasteiger partial charge is 0.258 e. The lowest BCUT2D eigenvalue weighted by Gasteiger charge is -2.07. The molecule has 0 saturated heterocycles. The molecule has 1 aliphatic carbocycles. The number of hydrogen-bond donors (Lipinski definition) is 1. The number of amides is 1. The van der Waals surface area contributed by atoms with E-state index in [1.54, 1.807) is 17.1 Å². The summed E-state index contributed by atoms with van der Waals surface area (Å²) in [7, 11) is 0. The van der Waals surface area contributed by atoms with Gasteiger partial charge in [-0.25, -0.2) is 4.68 Å². The third-order valence-corrected chi connectivity index (χ3v) is 5.32. The first-order valence-electron chi connectivity index (χ1n) is 9.63. The van der Waals surface area contributed by atoms with Crippen LogP contribution in [0, 0.1) is 0 Å². The number of halogens is 1. The van der Waals surface area contributed by atoms with Crippen LogP contribution in [0.2, 0.25) is 5.02 Å². The minimum absolute atomic E-state index is 0.237. The van der Waals surface area contributed by atoms with Gasteiger partial charge < -0.3 is 5.32 Å². The zero-order chi connectivity index (χ0) is 20.5. The summed E-state index contributed by atoms with van der Waals surface area (Å²) in [6, 6.07) is 15.5. The van der Waals surface area contributed by atoms with Crippen LogP contribution in [-0.2, 0) is 6.54 Å². The van der Waals surface area contributed by atoms with E-state index in [2.05, 4.69) is 25.9 Å². The molecule has 9 heteroatoms. The normalized spacial score (nSPS) is 13.4. The summed E-state index contributed by atoms with van der Waals surface area (Å²) in [5.41, 5.74) is 2.94. The largest absolute Gasteiger partial charge is 0.322 e. The van der Waals surface area contributed by atoms with Crippen LogP contribution in [0.5, 0.6) is 0 Å². The number of carbonyl (C=O) groups is 1. The predicted molar refractivity (Wildman–Crippen MR) is 112 cm³/mol. The first-order chi connectivity index (χ1) is 14.7. The Balaban J connectivity index is 1.31. The Morgan fingerprint density at radius 3 is 2.87 bits per heavy atom. The van der Waals surface area contributed by atoms with E-state index < -0.39 is 0 Å². The van der Waals surface area contributed by atoms with Crippen molar-refractivity contribution in [2.45, 2.75) is 25.4 Å². The highest BCUT2D eigenvalue weighted by Gasteiger charge is 2.28. The second kappa shape index (κ2) is 7.72. The summed E-state index contributed by atoms with van der Waals surface area (Å²) in [5.74, 6) is 0.473. The van der Waals surface area contributed by atoms with Crippen LogP contribution < -0.4 is 5.32 Å². The Morgan fingerprint density at radius 1 is 1.17 bits per heavy atom. The van der Waals surface area contributed by atoms with E-state index in [1.807, 2.05) is 53.2 Å². The fourth-order valence-corrected chi connectivity index (χ4v) is 3.45. The van der Waals surface area contributed by atoms with Crippen LogP contribution in [0.4, 0.5) is 5.69 Å². The second-order valence-electron chi connectivity index (χ2n) is 7.23. The molecule has 4 aromatic rings. The molecule has 8 nitrogen and oxygen atoms in total. The molecule has 0 unspecified atom stereocenters. The number of anilines is 1. The first kappa shape index (κ1) is 18.5. The van der Waals surface area contributed by atoms with Crippen molar-refractivity contribution in [1.82, 2.24) is 30.0 Å². The Hall–Kier alpha value is -3.52. The molecular weight excluding hydrogens is 402 g/mol. The highest BCUT2D eigenvalue weighted by Crippen LogP contribution is 2.36. The maximum Gasteiger partial charge on any atom is 0.258 e. The van der Waals surface area contributed by atoms with Crippen molar-refractivity contribution in [1.29, 1.82) is 0 Å². The van der Waals surface area contributed by atoms with Gasteiger partial charge in [0.15, 0.2) is 5.82 Å². The van der Waals surface area contributed by atoms with E-state index >= 15 is 0 Å². The average Bonchev–Trinajstić information content (AvgIpc) is 3.28. The summed E-state index contributed by atoms with van der Waals surface area (Å²) in [4.78, 5) is 12.7. The Morgan fingerprint density at radius 2 is 2.03 bits per heavy atom. The van der Waals surface area contributed by atoms with Crippen LogP contribution in [0.25, 0.3) is 11.4 Å². The number of aromatic nitrogens is 6. The lowest BCUT2D eigenvalue weighted by atomic mass is 10.2. The van der Waals surface area contributed by atoms with Crippen molar-refractivity contribution in [2.24, 2.45) is 0 Å². The molecule has 0 atom stereocenters. The second-order valence-corrected chi connectivity index (χ2v) is 7.64. The molecule has 1 fully saturated rings. The number of carbonyl (C=O) groups excluding carboxylic acids is 1. The van der Waals surface area contributed by atoms with Crippen LogP contribution in [0.15, 0.2) is 60.9 Å². The summed E-state index contributed by atoms with van der Waals surface area (Å²) in [5, 5.41) is 19.9. The number of hydrogen-bond acceptors (Lipinski definition) is 5. The summed E-state index contributed by atoms with van der Waals surface area (Å²) < 4.78 is 3.54. The molecule has 0 radical (unpaired) electrons. The molecule has 1 N–H and O–H groups in total. The van der Waals surface area contributed by atoms with Gasteiger partial charge >= 0.3 is 0 Å². The fraction of sp³-hybridized carbons (Fsp3) is 0.190. The molecule has 1 aliphatic rings. The number of tetrazole rings is 1. The SMILES string of the molecule is O=C(Nc1cccc(-c2nnnn2C2CC2)c1)c1cnn(Cc2ccccc2Cl)c1. The molecule has 150 valence electrons. The van der Waals surface area contributed by atoms with E-state index in [1.165, 1.54) is 0 Å². The van der Waals surface area contributed by atoms with Crippen molar-refractivity contribution < 1.29 is 4.79 Å². The van der Waals surface area contributed by atoms with Gasteiger partial charge in [-0.15, -0.1) is 5.10 Å². The van der Waals surface area contributed by atoms with Crippen LogP contribution >= 0.6 is 11.6 Å². The molecule has 1 saturated carbocycles. The molecule has 2 heterocycles. The highest BCUT2D eigenvalue weighted by atomic mass is 35.5. The van der Waals surface area contributed by atoms with E-state index in [0.717, 1.165) is 24.0 Å². The monoisotopic (exact) mass is 419 g/mol. The Bertz CT molecular complexity index is 1210. The lowest BCUT2D eigenvalue weighted by Crippen LogP contribution is -2.11. The van der Waals surface area contributed by atoms with E-state index in [9.17, 15) is 4.79 Å². The van der Waals surface area contributed by atoms with Crippen molar-refractivity contribution in [3.05, 3.63) is 77.1 Å². The third-order valence-electron chi connectivity index (χ3n) is 4.95. The zero-order valence-corrected chi connectivity index (χ0v) is 16.7. The average molecular weight is 420 g/mol. The molecule has 0 spiro atoms. The molecule has 1 amide bonds. The first-order valence-corrected chi connectivity index (χ1v) is 10.0. The van der Waals surface area contributed by atoms with Crippen LogP contribution in [0.3, 0.4) is 0 Å². The van der Waals surface area contributed by atoms with Crippen molar-refractivity contribution >= 4 is 23.2 Å². The molecule has 0 bridgehead atoms. The third kappa shape index (κ3) is 3.81. The molecule has 2 aromatic heterocycles. The lowest BCUT2D eigenvalue weighted by molar-refractivity contribution is 0.102. The predicted octanol–water partition coefficient (Wildman–Crippen LogP) is 3.83. The van der Waals surface area contributed by atoms with E-state index in [-0.39, 0.29) is 5.91 Å². The number of rotatable bonds is 6. The van der Waals surface area contributed by atoms with Crippen LogP contribution in [0.1, 0.15) is 34.8 Å². The van der Waals surface area contributed by atoms with Crippen LogP contribution in [-0.4, -0.2) is 35.9 Å². The van der Waals surface area contributed by atoms with Gasteiger partial charge in [0.1, 0.15) is 0 Å². The van der Waals surface area contributed by atoms with Gasteiger partial charge in [-0.3, -0.25) is 9.48 Å². The maximum atomic E-state index is 12.7. The molecule has 2 aromatic carbocycles. The van der Waals surface area contributed by atoms with E-state index in [4.69, 9.17) is 11.6 Å². The van der Waals surface area contributed by atoms with Gasteiger partial charge in [0.05, 0.1) is 24.3 Å². The molecule has 30 heavy (non-hydrogen) atoms. The number of nitrogens with zero attached hydrogens (tertiary/aromatic N) is 6. The van der Waals surface area contributed by atoms with Crippen molar-refractivity contribution in [3.8, 4) is 11.4 Å². The zero-order valence-electron chi connectivity index (χ0n) is 15.9. The van der Waals surface area contributed by atoms with Gasteiger partial charge in [-0.2, -0.15) is 5.10 Å². The Labute approximate surface area is 177 Å². The summed E-state index contributed by atoms with van der Waals surface area (Å²) in [6.45, 7) is 0.492. The van der Waals surface area contributed by atoms with Gasteiger partial charge in [0.25, 0.3) is 5.91 Å². The van der Waals surface area contributed by atoms with Gasteiger partial charge in [-0.1, -0.05) is 41.9 Å². The quantitative estimate of drug-likeness (QED) is 0.513. The number of benzene rings is 2. The number of nitrogens with one attached hydrogen (secondary N) is 1. The molecule has 5 rings (SSSR count). The topological polar surface area (TPSA) is 90.5 Å². The summed E-state index contributed by atoms with van der Waals surface area (Å²) >= 11 is 6.21. The minimum Gasteiger partial charge on any atom is -0.322 e.